The molecule has 0 saturated heterocycles. The van der Waals surface area contributed by atoms with Crippen molar-refractivity contribution in [1.29, 1.82) is 5.26 Å². The van der Waals surface area contributed by atoms with E-state index in [-0.39, 0.29) is 5.41 Å². The zero-order chi connectivity index (χ0) is 10.3. The molecule has 2 nitrogen and oxygen atoms in total. The molecule has 0 amide bonds. The maximum Gasteiger partial charge on any atom is 0.0790 e. The Balaban J connectivity index is 2.57. The lowest BCUT2D eigenvalue weighted by atomic mass is 9.71. The second-order valence-corrected chi connectivity index (χ2v) is 4.12. The van der Waals surface area contributed by atoms with Crippen molar-refractivity contribution in [3.8, 4) is 6.07 Å². The molecule has 0 aromatic heterocycles. The molecule has 1 aliphatic rings. The van der Waals surface area contributed by atoms with Crippen molar-refractivity contribution in [2.75, 3.05) is 7.11 Å². The van der Waals surface area contributed by atoms with Crippen molar-refractivity contribution in [3.63, 3.8) is 0 Å². The highest BCUT2D eigenvalue weighted by Gasteiger charge is 2.28. The van der Waals surface area contributed by atoms with Gasteiger partial charge in [0.2, 0.25) is 0 Å². The Morgan fingerprint density at radius 2 is 2.07 bits per heavy atom. The SMILES string of the molecule is COC=CC1(CCC#N)CCCCC1. The van der Waals surface area contributed by atoms with Gasteiger partial charge in [0.15, 0.2) is 0 Å². The molecule has 78 valence electrons. The molecule has 1 fully saturated rings. The zero-order valence-electron chi connectivity index (χ0n) is 8.96. The first-order valence-corrected chi connectivity index (χ1v) is 5.40. The summed E-state index contributed by atoms with van der Waals surface area (Å²) in [5.41, 5.74) is 0.254. The summed E-state index contributed by atoms with van der Waals surface area (Å²) in [5.74, 6) is 0. The summed E-state index contributed by atoms with van der Waals surface area (Å²) in [6.07, 6.45) is 12.0. The van der Waals surface area contributed by atoms with Gasteiger partial charge in [-0.1, -0.05) is 19.3 Å². The molecule has 0 atom stereocenters. The standard InChI is InChI=1S/C12H19NO/c1-14-11-9-12(8-5-10-13)6-3-2-4-7-12/h9,11H,2-8H2,1H3. The van der Waals surface area contributed by atoms with Crippen LogP contribution in [-0.2, 0) is 4.74 Å². The van der Waals surface area contributed by atoms with Gasteiger partial charge in [0, 0.05) is 6.42 Å². The fraction of sp³-hybridized carbons (Fsp3) is 0.750. The van der Waals surface area contributed by atoms with Crippen LogP contribution in [-0.4, -0.2) is 7.11 Å². The monoisotopic (exact) mass is 193 g/mol. The number of ether oxygens (including phenoxy) is 1. The van der Waals surface area contributed by atoms with Crippen molar-refractivity contribution in [2.24, 2.45) is 5.41 Å². The highest BCUT2D eigenvalue weighted by Crippen LogP contribution is 2.41. The summed E-state index contributed by atoms with van der Waals surface area (Å²) < 4.78 is 4.99. The molecular weight excluding hydrogens is 174 g/mol. The molecule has 0 heterocycles. The Kier molecular flexibility index (Phi) is 4.52. The van der Waals surface area contributed by atoms with Crippen LogP contribution in [0.25, 0.3) is 0 Å². The summed E-state index contributed by atoms with van der Waals surface area (Å²) in [5, 5.41) is 8.63. The zero-order valence-corrected chi connectivity index (χ0v) is 8.96. The molecule has 0 spiro atoms. The van der Waals surface area contributed by atoms with Crippen molar-refractivity contribution in [1.82, 2.24) is 0 Å². The van der Waals surface area contributed by atoms with Crippen LogP contribution in [0.4, 0.5) is 0 Å². The third-order valence-corrected chi connectivity index (χ3v) is 3.14. The van der Waals surface area contributed by atoms with E-state index in [1.807, 2.05) is 0 Å². The lowest BCUT2D eigenvalue weighted by Crippen LogP contribution is -2.21. The number of rotatable bonds is 4. The van der Waals surface area contributed by atoms with Crippen LogP contribution in [0.15, 0.2) is 12.3 Å². The maximum atomic E-state index is 8.63. The van der Waals surface area contributed by atoms with Gasteiger partial charge in [0.1, 0.15) is 0 Å². The van der Waals surface area contributed by atoms with Crippen LogP contribution in [0.5, 0.6) is 0 Å². The Morgan fingerprint density at radius 1 is 1.36 bits per heavy atom. The molecule has 14 heavy (non-hydrogen) atoms. The second-order valence-electron chi connectivity index (χ2n) is 4.12. The fourth-order valence-electron chi connectivity index (χ4n) is 2.27. The minimum atomic E-state index is 0.254. The predicted molar refractivity (Wildman–Crippen MR) is 56.5 cm³/mol. The summed E-state index contributed by atoms with van der Waals surface area (Å²) in [6, 6.07) is 2.24. The molecule has 1 aliphatic carbocycles. The summed E-state index contributed by atoms with van der Waals surface area (Å²) in [6.45, 7) is 0. The average molecular weight is 193 g/mol. The Morgan fingerprint density at radius 3 is 2.64 bits per heavy atom. The molecule has 0 radical (unpaired) electrons. The number of nitrogens with zero attached hydrogens (tertiary/aromatic N) is 1. The third kappa shape index (κ3) is 3.06. The van der Waals surface area contributed by atoms with Crippen LogP contribution >= 0.6 is 0 Å². The first-order chi connectivity index (χ1) is 6.83. The van der Waals surface area contributed by atoms with E-state index in [0.717, 1.165) is 6.42 Å². The molecule has 0 aromatic rings. The van der Waals surface area contributed by atoms with Crippen LogP contribution in [0.3, 0.4) is 0 Å². The van der Waals surface area contributed by atoms with Crippen molar-refractivity contribution < 1.29 is 4.74 Å². The highest BCUT2D eigenvalue weighted by atomic mass is 16.5. The molecule has 0 N–H and O–H groups in total. The van der Waals surface area contributed by atoms with Gasteiger partial charge in [-0.3, -0.25) is 0 Å². The van der Waals surface area contributed by atoms with Gasteiger partial charge in [0.25, 0.3) is 0 Å². The molecule has 0 aromatic carbocycles. The van der Waals surface area contributed by atoms with Gasteiger partial charge < -0.3 is 4.74 Å². The van der Waals surface area contributed by atoms with Gasteiger partial charge in [-0.15, -0.1) is 0 Å². The largest absolute Gasteiger partial charge is 0.505 e. The van der Waals surface area contributed by atoms with E-state index in [1.54, 1.807) is 13.4 Å². The van der Waals surface area contributed by atoms with Crippen LogP contribution in [0.2, 0.25) is 0 Å². The summed E-state index contributed by atoms with van der Waals surface area (Å²) in [7, 11) is 1.68. The van der Waals surface area contributed by atoms with Crippen molar-refractivity contribution in [3.05, 3.63) is 12.3 Å². The molecule has 1 rings (SSSR count). The normalized spacial score (nSPS) is 20.6. The second kappa shape index (κ2) is 5.70. The lowest BCUT2D eigenvalue weighted by Gasteiger charge is -2.33. The van der Waals surface area contributed by atoms with E-state index < -0.39 is 0 Å². The molecule has 0 bridgehead atoms. The smallest absolute Gasteiger partial charge is 0.0790 e. The Bertz CT molecular complexity index is 221. The molecular formula is C12H19NO. The number of methoxy groups -OCH3 is 1. The molecule has 2 heteroatoms. The number of nitriles is 1. The average Bonchev–Trinajstić information content (AvgIpc) is 2.25. The molecule has 1 saturated carbocycles. The van der Waals surface area contributed by atoms with E-state index in [0.29, 0.717) is 6.42 Å². The van der Waals surface area contributed by atoms with Gasteiger partial charge in [-0.05, 0) is 30.8 Å². The van der Waals surface area contributed by atoms with Crippen LogP contribution in [0, 0.1) is 16.7 Å². The van der Waals surface area contributed by atoms with E-state index >= 15 is 0 Å². The number of hydrogen-bond acceptors (Lipinski definition) is 2. The van der Waals surface area contributed by atoms with Crippen molar-refractivity contribution >= 4 is 0 Å². The summed E-state index contributed by atoms with van der Waals surface area (Å²) in [4.78, 5) is 0. The van der Waals surface area contributed by atoms with Gasteiger partial charge in [-0.2, -0.15) is 5.26 Å². The van der Waals surface area contributed by atoms with Gasteiger partial charge in [-0.25, -0.2) is 0 Å². The quantitative estimate of drug-likeness (QED) is 0.641. The highest BCUT2D eigenvalue weighted by molar-refractivity contribution is 5.00. The third-order valence-electron chi connectivity index (χ3n) is 3.14. The number of hydrogen-bond donors (Lipinski definition) is 0. The number of allylic oxidation sites excluding steroid dienone is 1. The van der Waals surface area contributed by atoms with E-state index in [2.05, 4.69) is 12.1 Å². The maximum absolute atomic E-state index is 8.63. The molecule has 0 aliphatic heterocycles. The summed E-state index contributed by atoms with van der Waals surface area (Å²) >= 11 is 0. The first kappa shape index (κ1) is 11.1. The first-order valence-electron chi connectivity index (χ1n) is 5.40. The van der Waals surface area contributed by atoms with Gasteiger partial charge >= 0.3 is 0 Å². The van der Waals surface area contributed by atoms with E-state index in [9.17, 15) is 0 Å². The predicted octanol–water partition coefficient (Wildman–Crippen LogP) is 3.40. The van der Waals surface area contributed by atoms with E-state index in [1.165, 1.54) is 32.1 Å². The Hall–Kier alpha value is -0.970. The fourth-order valence-corrected chi connectivity index (χ4v) is 2.27. The van der Waals surface area contributed by atoms with Crippen LogP contribution in [0.1, 0.15) is 44.9 Å². The Labute approximate surface area is 86.6 Å². The lowest BCUT2D eigenvalue weighted by molar-refractivity contribution is 0.231. The van der Waals surface area contributed by atoms with Crippen LogP contribution < -0.4 is 0 Å². The minimum Gasteiger partial charge on any atom is -0.505 e. The van der Waals surface area contributed by atoms with E-state index in [4.69, 9.17) is 10.00 Å². The van der Waals surface area contributed by atoms with Gasteiger partial charge in [0.05, 0.1) is 19.4 Å². The molecule has 0 unspecified atom stereocenters. The van der Waals surface area contributed by atoms with Crippen molar-refractivity contribution in [2.45, 2.75) is 44.9 Å². The minimum absolute atomic E-state index is 0.254. The topological polar surface area (TPSA) is 33.0 Å².